The average Bonchev–Trinajstić information content (AvgIpc) is 3.15. The second-order valence-electron chi connectivity index (χ2n) is 7.81. The van der Waals surface area contributed by atoms with Gasteiger partial charge in [0.2, 0.25) is 5.91 Å². The van der Waals surface area contributed by atoms with Crippen LogP contribution in [0.2, 0.25) is 0 Å². The van der Waals surface area contributed by atoms with E-state index in [1.807, 2.05) is 24.3 Å². The van der Waals surface area contributed by atoms with Crippen LogP contribution < -0.4 is 5.32 Å². The van der Waals surface area contributed by atoms with Gasteiger partial charge in [-0.3, -0.25) is 9.59 Å². The van der Waals surface area contributed by atoms with Crippen molar-refractivity contribution in [1.82, 2.24) is 10.1 Å². The van der Waals surface area contributed by atoms with Crippen molar-refractivity contribution in [2.24, 2.45) is 0 Å². The first-order valence-corrected chi connectivity index (χ1v) is 11.1. The Morgan fingerprint density at radius 1 is 1.00 bits per heavy atom. The van der Waals surface area contributed by atoms with Gasteiger partial charge in [-0.1, -0.05) is 63.2 Å². The van der Waals surface area contributed by atoms with Crippen molar-refractivity contribution in [2.45, 2.75) is 72.1 Å². The van der Waals surface area contributed by atoms with Crippen LogP contribution in [0.25, 0.3) is 0 Å². The van der Waals surface area contributed by atoms with E-state index in [9.17, 15) is 9.59 Å². The smallest absolute Gasteiger partial charge is 0.254 e. The van der Waals surface area contributed by atoms with Crippen LogP contribution in [0.15, 0.2) is 34.9 Å². The Bertz CT molecular complexity index is 783. The zero-order chi connectivity index (χ0) is 21.8. The molecule has 0 radical (unpaired) electrons. The molecule has 1 N–H and O–H groups in total. The molecular formula is C24H35N3O3. The molecule has 0 fully saturated rings. The van der Waals surface area contributed by atoms with Gasteiger partial charge in [0, 0.05) is 18.2 Å². The Hall–Kier alpha value is -2.63. The molecule has 0 saturated heterocycles. The number of nitrogens with zero attached hydrogens (tertiary/aromatic N) is 2. The van der Waals surface area contributed by atoms with Crippen LogP contribution in [-0.2, 0) is 11.2 Å². The third kappa shape index (κ3) is 8.01. The molecule has 164 valence electrons. The first kappa shape index (κ1) is 23.6. The van der Waals surface area contributed by atoms with E-state index in [2.05, 4.69) is 24.3 Å². The average molecular weight is 414 g/mol. The minimum atomic E-state index is -0.275. The van der Waals surface area contributed by atoms with Crippen LogP contribution in [-0.4, -0.2) is 35.0 Å². The van der Waals surface area contributed by atoms with Crippen LogP contribution in [0.5, 0.6) is 0 Å². The molecule has 1 aromatic carbocycles. The number of hydrogen-bond acceptors (Lipinski definition) is 4. The summed E-state index contributed by atoms with van der Waals surface area (Å²) in [6.45, 7) is 6.66. The Balaban J connectivity index is 2.00. The quantitative estimate of drug-likeness (QED) is 0.448. The number of rotatable bonds is 13. The molecule has 0 spiro atoms. The molecule has 6 heteroatoms. The zero-order valence-corrected chi connectivity index (χ0v) is 18.6. The van der Waals surface area contributed by atoms with Crippen molar-refractivity contribution in [3.8, 4) is 0 Å². The summed E-state index contributed by atoms with van der Waals surface area (Å²) in [6, 6.07) is 9.46. The van der Waals surface area contributed by atoms with Gasteiger partial charge >= 0.3 is 0 Å². The summed E-state index contributed by atoms with van der Waals surface area (Å²) in [7, 11) is 0. The maximum Gasteiger partial charge on any atom is 0.254 e. The summed E-state index contributed by atoms with van der Waals surface area (Å²) >= 11 is 0. The number of amides is 2. The Kier molecular flexibility index (Phi) is 10.1. The Labute approximate surface area is 180 Å². The molecule has 1 heterocycles. The highest BCUT2D eigenvalue weighted by molar-refractivity contribution is 5.99. The standard InChI is InChI=1S/C24H35N3O3/c1-4-6-8-10-16-27(18-23(28)25-22-17-19(3)30-26-22)24(29)21-14-12-20(13-15-21)11-9-7-5-2/h12-15,17H,4-11,16,18H2,1-3H3,(H,25,26,28). The van der Waals surface area contributed by atoms with Crippen molar-refractivity contribution < 1.29 is 14.1 Å². The zero-order valence-electron chi connectivity index (χ0n) is 18.6. The third-order valence-electron chi connectivity index (χ3n) is 5.07. The normalized spacial score (nSPS) is 10.8. The number of anilines is 1. The predicted molar refractivity (Wildman–Crippen MR) is 120 cm³/mol. The summed E-state index contributed by atoms with van der Waals surface area (Å²) < 4.78 is 4.98. The fourth-order valence-electron chi connectivity index (χ4n) is 3.34. The number of hydrogen-bond donors (Lipinski definition) is 1. The summed E-state index contributed by atoms with van der Waals surface area (Å²) in [4.78, 5) is 27.2. The van der Waals surface area contributed by atoms with Crippen molar-refractivity contribution in [1.29, 1.82) is 0 Å². The Morgan fingerprint density at radius 3 is 2.33 bits per heavy atom. The fraction of sp³-hybridized carbons (Fsp3) is 0.542. The highest BCUT2D eigenvalue weighted by atomic mass is 16.5. The molecule has 2 rings (SSSR count). The largest absolute Gasteiger partial charge is 0.360 e. The second kappa shape index (κ2) is 12.8. The molecule has 30 heavy (non-hydrogen) atoms. The van der Waals surface area contributed by atoms with Crippen LogP contribution >= 0.6 is 0 Å². The number of aryl methyl sites for hydroxylation is 2. The lowest BCUT2D eigenvalue weighted by atomic mass is 10.0. The van der Waals surface area contributed by atoms with E-state index in [0.29, 0.717) is 23.7 Å². The van der Waals surface area contributed by atoms with Crippen molar-refractivity contribution in [3.63, 3.8) is 0 Å². The molecule has 0 aliphatic carbocycles. The van der Waals surface area contributed by atoms with E-state index in [1.165, 1.54) is 18.4 Å². The molecule has 0 unspecified atom stereocenters. The molecule has 0 aliphatic heterocycles. The van der Waals surface area contributed by atoms with E-state index in [1.54, 1.807) is 17.9 Å². The molecule has 6 nitrogen and oxygen atoms in total. The molecule has 1 aromatic heterocycles. The van der Waals surface area contributed by atoms with Crippen LogP contribution in [0.3, 0.4) is 0 Å². The van der Waals surface area contributed by atoms with Gasteiger partial charge in [-0.15, -0.1) is 0 Å². The summed E-state index contributed by atoms with van der Waals surface area (Å²) in [5.74, 6) is 0.602. The SMILES string of the molecule is CCCCCCN(CC(=O)Nc1cc(C)on1)C(=O)c1ccc(CCCCC)cc1. The van der Waals surface area contributed by atoms with Crippen LogP contribution in [0.4, 0.5) is 5.82 Å². The topological polar surface area (TPSA) is 75.4 Å². The molecule has 0 aliphatic rings. The highest BCUT2D eigenvalue weighted by Crippen LogP contribution is 2.13. The lowest BCUT2D eigenvalue weighted by molar-refractivity contribution is -0.117. The van der Waals surface area contributed by atoms with E-state index in [-0.39, 0.29) is 18.4 Å². The summed E-state index contributed by atoms with van der Waals surface area (Å²) in [6.07, 6.45) is 8.77. The first-order chi connectivity index (χ1) is 14.5. The first-order valence-electron chi connectivity index (χ1n) is 11.1. The number of aromatic nitrogens is 1. The molecular weight excluding hydrogens is 378 g/mol. The number of benzene rings is 1. The fourth-order valence-corrected chi connectivity index (χ4v) is 3.34. The van der Waals surface area contributed by atoms with Gasteiger partial charge in [-0.05, 0) is 43.9 Å². The maximum absolute atomic E-state index is 13.1. The Morgan fingerprint density at radius 2 is 1.70 bits per heavy atom. The van der Waals surface area contributed by atoms with Gasteiger partial charge in [0.1, 0.15) is 12.3 Å². The number of nitrogens with one attached hydrogen (secondary N) is 1. The summed E-state index contributed by atoms with van der Waals surface area (Å²) in [5.41, 5.74) is 1.86. The molecule has 0 atom stereocenters. The van der Waals surface area contributed by atoms with E-state index in [0.717, 1.165) is 38.5 Å². The van der Waals surface area contributed by atoms with Gasteiger partial charge in [-0.25, -0.2) is 0 Å². The van der Waals surface area contributed by atoms with Gasteiger partial charge < -0.3 is 14.7 Å². The van der Waals surface area contributed by atoms with Crippen LogP contribution in [0, 0.1) is 6.92 Å². The number of unbranched alkanes of at least 4 members (excludes halogenated alkanes) is 5. The molecule has 2 amide bonds. The number of carbonyl (C=O) groups is 2. The van der Waals surface area contributed by atoms with E-state index < -0.39 is 0 Å². The monoisotopic (exact) mass is 413 g/mol. The molecule has 2 aromatic rings. The van der Waals surface area contributed by atoms with Gasteiger partial charge in [0.05, 0.1) is 0 Å². The van der Waals surface area contributed by atoms with E-state index in [4.69, 9.17) is 4.52 Å². The summed E-state index contributed by atoms with van der Waals surface area (Å²) in [5, 5.41) is 6.48. The van der Waals surface area contributed by atoms with Gasteiger partial charge in [-0.2, -0.15) is 0 Å². The highest BCUT2D eigenvalue weighted by Gasteiger charge is 2.19. The second-order valence-corrected chi connectivity index (χ2v) is 7.81. The third-order valence-corrected chi connectivity index (χ3v) is 5.07. The lowest BCUT2D eigenvalue weighted by Crippen LogP contribution is -2.38. The number of carbonyl (C=O) groups excluding carboxylic acids is 2. The maximum atomic E-state index is 13.1. The molecule has 0 bridgehead atoms. The van der Waals surface area contributed by atoms with Gasteiger partial charge in [0.15, 0.2) is 5.82 Å². The van der Waals surface area contributed by atoms with Crippen molar-refractivity contribution >= 4 is 17.6 Å². The van der Waals surface area contributed by atoms with Crippen molar-refractivity contribution in [3.05, 3.63) is 47.2 Å². The predicted octanol–water partition coefficient (Wildman–Crippen LogP) is 5.38. The minimum absolute atomic E-state index is 0.00484. The van der Waals surface area contributed by atoms with Gasteiger partial charge in [0.25, 0.3) is 5.91 Å². The lowest BCUT2D eigenvalue weighted by Gasteiger charge is -2.22. The van der Waals surface area contributed by atoms with E-state index >= 15 is 0 Å². The molecule has 0 saturated carbocycles. The van der Waals surface area contributed by atoms with Crippen LogP contribution in [0.1, 0.15) is 80.5 Å². The minimum Gasteiger partial charge on any atom is -0.360 e. The van der Waals surface area contributed by atoms with Crippen molar-refractivity contribution in [2.75, 3.05) is 18.4 Å².